The van der Waals surface area contributed by atoms with E-state index in [0.717, 1.165) is 5.69 Å². The molecular formula is C10H8ClN2. The van der Waals surface area contributed by atoms with Gasteiger partial charge in [-0.15, -0.1) is 0 Å². The van der Waals surface area contributed by atoms with E-state index in [1.54, 1.807) is 17.1 Å². The molecular weight excluding hydrogens is 184 g/mol. The van der Waals surface area contributed by atoms with Crippen molar-refractivity contribution in [1.82, 2.24) is 9.78 Å². The third-order valence-corrected chi connectivity index (χ3v) is 1.94. The molecule has 1 heterocycles. The average Bonchev–Trinajstić information content (AvgIpc) is 2.53. The van der Waals surface area contributed by atoms with Crippen LogP contribution in [0.3, 0.4) is 0 Å². The first-order chi connectivity index (χ1) is 6.25. The maximum atomic E-state index is 5.74. The molecule has 0 aliphatic heterocycles. The van der Waals surface area contributed by atoms with E-state index in [1.165, 1.54) is 5.56 Å². The summed E-state index contributed by atoms with van der Waals surface area (Å²) in [6.45, 7) is 2.02. The predicted octanol–water partition coefficient (Wildman–Crippen LogP) is 2.63. The fourth-order valence-electron chi connectivity index (χ4n) is 1.07. The molecule has 2 nitrogen and oxygen atoms in total. The van der Waals surface area contributed by atoms with Crippen molar-refractivity contribution in [2.75, 3.05) is 0 Å². The summed E-state index contributed by atoms with van der Waals surface area (Å²) in [5.41, 5.74) is 2.08. The van der Waals surface area contributed by atoms with E-state index in [9.17, 15) is 0 Å². The largest absolute Gasteiger partial charge is 0.239 e. The third kappa shape index (κ3) is 1.73. The molecule has 0 spiro atoms. The van der Waals surface area contributed by atoms with E-state index < -0.39 is 0 Å². The summed E-state index contributed by atoms with van der Waals surface area (Å²) in [5.74, 6) is 0. The second kappa shape index (κ2) is 3.23. The Morgan fingerprint density at radius 1 is 1.46 bits per heavy atom. The molecule has 0 fully saturated rings. The Kier molecular flexibility index (Phi) is 2.07. The maximum Gasteiger partial charge on any atom is 0.0790 e. The lowest BCUT2D eigenvalue weighted by Crippen LogP contribution is -1.93. The molecule has 2 aromatic rings. The molecule has 0 saturated carbocycles. The molecule has 0 amide bonds. The van der Waals surface area contributed by atoms with Gasteiger partial charge in [0.2, 0.25) is 0 Å². The van der Waals surface area contributed by atoms with Gasteiger partial charge >= 0.3 is 0 Å². The molecule has 0 saturated heterocycles. The van der Waals surface area contributed by atoms with Crippen molar-refractivity contribution in [3.63, 3.8) is 0 Å². The van der Waals surface area contributed by atoms with Gasteiger partial charge in [0.1, 0.15) is 0 Å². The van der Waals surface area contributed by atoms with Crippen LogP contribution in [0, 0.1) is 13.0 Å². The highest BCUT2D eigenvalue weighted by atomic mass is 35.5. The van der Waals surface area contributed by atoms with Crippen molar-refractivity contribution in [1.29, 1.82) is 0 Å². The van der Waals surface area contributed by atoms with E-state index >= 15 is 0 Å². The van der Waals surface area contributed by atoms with Gasteiger partial charge in [-0.1, -0.05) is 23.2 Å². The summed E-state index contributed by atoms with van der Waals surface area (Å²) in [6.07, 6.45) is 3.36. The van der Waals surface area contributed by atoms with Crippen molar-refractivity contribution in [3.8, 4) is 5.69 Å². The molecule has 13 heavy (non-hydrogen) atoms. The van der Waals surface area contributed by atoms with E-state index in [2.05, 4.69) is 11.2 Å². The Balaban J connectivity index is 2.41. The number of nitrogens with zero attached hydrogens (tertiary/aromatic N) is 2. The number of aromatic nitrogens is 2. The Labute approximate surface area is 81.8 Å². The fraction of sp³-hybridized carbons (Fsp3) is 0.100. The molecule has 65 valence electrons. The number of rotatable bonds is 1. The summed E-state index contributed by atoms with van der Waals surface area (Å²) in [7, 11) is 0. The number of benzene rings is 1. The van der Waals surface area contributed by atoms with Crippen LogP contribution in [0.4, 0.5) is 0 Å². The first-order valence-corrected chi connectivity index (χ1v) is 4.32. The van der Waals surface area contributed by atoms with Crippen LogP contribution in [0.25, 0.3) is 5.69 Å². The Morgan fingerprint density at radius 2 is 2.31 bits per heavy atom. The van der Waals surface area contributed by atoms with Crippen molar-refractivity contribution in [3.05, 3.63) is 47.2 Å². The molecule has 1 radical (unpaired) electrons. The highest BCUT2D eigenvalue weighted by Crippen LogP contribution is 2.11. The summed E-state index contributed by atoms with van der Waals surface area (Å²) in [6, 6.07) is 9.00. The van der Waals surface area contributed by atoms with E-state index in [-0.39, 0.29) is 0 Å². The molecule has 0 N–H and O–H groups in total. The highest BCUT2D eigenvalue weighted by molar-refractivity contribution is 6.30. The van der Waals surface area contributed by atoms with Gasteiger partial charge in [0, 0.05) is 12.3 Å². The highest BCUT2D eigenvalue weighted by Gasteiger charge is 1.97. The minimum Gasteiger partial charge on any atom is -0.239 e. The van der Waals surface area contributed by atoms with Gasteiger partial charge in [0.25, 0.3) is 0 Å². The van der Waals surface area contributed by atoms with Gasteiger partial charge in [-0.2, -0.15) is 5.10 Å². The first kappa shape index (κ1) is 8.32. The van der Waals surface area contributed by atoms with Gasteiger partial charge in [0.15, 0.2) is 0 Å². The average molecular weight is 192 g/mol. The SMILES string of the molecule is Cc1c[c]c(-n2cc(Cl)cn2)cc1. The molecule has 2 rings (SSSR count). The smallest absolute Gasteiger partial charge is 0.0790 e. The van der Waals surface area contributed by atoms with E-state index in [0.29, 0.717) is 5.02 Å². The van der Waals surface area contributed by atoms with Crippen LogP contribution in [0.15, 0.2) is 30.6 Å². The van der Waals surface area contributed by atoms with Crippen molar-refractivity contribution < 1.29 is 0 Å². The van der Waals surface area contributed by atoms with E-state index in [4.69, 9.17) is 11.6 Å². The van der Waals surface area contributed by atoms with Crippen molar-refractivity contribution in [2.45, 2.75) is 6.92 Å². The third-order valence-electron chi connectivity index (χ3n) is 1.75. The van der Waals surface area contributed by atoms with Crippen molar-refractivity contribution >= 4 is 11.6 Å². The Hall–Kier alpha value is -1.28. The monoisotopic (exact) mass is 191 g/mol. The fourth-order valence-corrected chi connectivity index (χ4v) is 1.21. The molecule has 0 aliphatic rings. The quantitative estimate of drug-likeness (QED) is 0.678. The minimum atomic E-state index is 0.633. The lowest BCUT2D eigenvalue weighted by molar-refractivity contribution is 0.878. The van der Waals surface area contributed by atoms with Crippen molar-refractivity contribution in [2.24, 2.45) is 0 Å². The van der Waals surface area contributed by atoms with Gasteiger partial charge in [-0.3, -0.25) is 0 Å². The van der Waals surface area contributed by atoms with Crippen LogP contribution in [-0.4, -0.2) is 9.78 Å². The van der Waals surface area contributed by atoms with Crippen LogP contribution in [0.2, 0.25) is 5.02 Å². The minimum absolute atomic E-state index is 0.633. The lowest BCUT2D eigenvalue weighted by Gasteiger charge is -1.99. The normalized spacial score (nSPS) is 10.3. The summed E-state index contributed by atoms with van der Waals surface area (Å²) in [5, 5.41) is 4.70. The molecule has 0 aliphatic carbocycles. The second-order valence-corrected chi connectivity index (χ2v) is 3.29. The number of hydrogen-bond donors (Lipinski definition) is 0. The summed E-state index contributed by atoms with van der Waals surface area (Å²) in [4.78, 5) is 0. The molecule has 0 bridgehead atoms. The van der Waals surface area contributed by atoms with Crippen LogP contribution < -0.4 is 0 Å². The first-order valence-electron chi connectivity index (χ1n) is 3.94. The summed E-state index contributed by atoms with van der Waals surface area (Å²) >= 11 is 5.74. The maximum absolute atomic E-state index is 5.74. The molecule has 1 aromatic carbocycles. The Morgan fingerprint density at radius 3 is 2.85 bits per heavy atom. The lowest BCUT2D eigenvalue weighted by atomic mass is 10.2. The topological polar surface area (TPSA) is 17.8 Å². The summed E-state index contributed by atoms with van der Waals surface area (Å²) < 4.78 is 1.70. The zero-order valence-corrected chi connectivity index (χ0v) is 7.92. The Bertz CT molecular complexity index is 403. The van der Waals surface area contributed by atoms with Gasteiger partial charge in [-0.25, -0.2) is 4.68 Å². The predicted molar refractivity (Wildman–Crippen MR) is 52.1 cm³/mol. The number of aryl methyl sites for hydroxylation is 1. The molecule has 0 unspecified atom stereocenters. The zero-order valence-electron chi connectivity index (χ0n) is 7.16. The van der Waals surface area contributed by atoms with Crippen LogP contribution in [0.1, 0.15) is 5.56 Å². The van der Waals surface area contributed by atoms with Gasteiger partial charge < -0.3 is 0 Å². The molecule has 3 heteroatoms. The van der Waals surface area contributed by atoms with Gasteiger partial charge in [0.05, 0.1) is 16.9 Å². The van der Waals surface area contributed by atoms with E-state index in [1.807, 2.05) is 25.1 Å². The zero-order chi connectivity index (χ0) is 9.26. The standard InChI is InChI=1S/C10H8ClN2/c1-8-2-4-10(5-3-8)13-7-9(11)6-12-13/h2-4,6-7H,1H3. The second-order valence-electron chi connectivity index (χ2n) is 2.85. The molecule has 0 atom stereocenters. The van der Waals surface area contributed by atoms with Crippen LogP contribution in [0.5, 0.6) is 0 Å². The number of hydrogen-bond acceptors (Lipinski definition) is 1. The van der Waals surface area contributed by atoms with Gasteiger partial charge in [-0.05, 0) is 19.1 Å². The van der Waals surface area contributed by atoms with Crippen LogP contribution >= 0.6 is 11.6 Å². The van der Waals surface area contributed by atoms with Crippen LogP contribution in [-0.2, 0) is 0 Å². The number of halogens is 1. The molecule has 1 aromatic heterocycles.